The van der Waals surface area contributed by atoms with E-state index in [2.05, 4.69) is 5.32 Å². The number of aliphatic carboxylic acids is 1. The number of carboxylic acids is 1. The highest BCUT2D eigenvalue weighted by atomic mass is 16.4. The largest absolute Gasteiger partial charge is 0.481 e. The molecule has 1 aliphatic carbocycles. The van der Waals surface area contributed by atoms with Gasteiger partial charge in [-0.3, -0.25) is 14.4 Å². The summed E-state index contributed by atoms with van der Waals surface area (Å²) in [7, 11) is 0. The average molecular weight is 372 g/mol. The SMILES string of the molecule is C[C@@H]1[C@H](C(=O)O)CCCN1C(=O)c1ccc(CNC(=O)C2CCCC2)cc1. The molecule has 0 spiro atoms. The number of carboxylic acid groups (broad SMARTS) is 1. The maximum Gasteiger partial charge on any atom is 0.308 e. The minimum absolute atomic E-state index is 0.120. The van der Waals surface area contributed by atoms with Crippen LogP contribution >= 0.6 is 0 Å². The van der Waals surface area contributed by atoms with Gasteiger partial charge in [-0.1, -0.05) is 25.0 Å². The van der Waals surface area contributed by atoms with Crippen LogP contribution in [0.15, 0.2) is 24.3 Å². The van der Waals surface area contributed by atoms with Gasteiger partial charge >= 0.3 is 5.97 Å². The van der Waals surface area contributed by atoms with E-state index in [0.29, 0.717) is 31.5 Å². The standard InChI is InChI=1S/C21H28N2O4/c1-14-18(21(26)27)7-4-12-23(14)20(25)17-10-8-15(9-11-17)13-22-19(24)16-5-2-3-6-16/h8-11,14,16,18H,2-7,12-13H2,1H3,(H,22,24)(H,26,27)/t14-,18-/m1/s1. The van der Waals surface area contributed by atoms with Crippen molar-refractivity contribution in [3.8, 4) is 0 Å². The Kier molecular flexibility index (Phi) is 6.14. The molecule has 1 aromatic rings. The molecule has 2 N–H and O–H groups in total. The van der Waals surface area contributed by atoms with Crippen molar-refractivity contribution in [2.45, 2.75) is 58.0 Å². The van der Waals surface area contributed by atoms with Crippen LogP contribution in [0, 0.1) is 11.8 Å². The molecule has 2 aliphatic rings. The third kappa shape index (κ3) is 4.49. The van der Waals surface area contributed by atoms with Crippen molar-refractivity contribution in [3.05, 3.63) is 35.4 Å². The van der Waals surface area contributed by atoms with E-state index in [1.165, 1.54) is 0 Å². The van der Waals surface area contributed by atoms with Gasteiger partial charge in [0.2, 0.25) is 5.91 Å². The van der Waals surface area contributed by atoms with E-state index in [-0.39, 0.29) is 23.8 Å². The summed E-state index contributed by atoms with van der Waals surface area (Å²) >= 11 is 0. The first kappa shape index (κ1) is 19.4. The van der Waals surface area contributed by atoms with E-state index in [0.717, 1.165) is 31.2 Å². The summed E-state index contributed by atoms with van der Waals surface area (Å²) in [4.78, 5) is 37.9. The van der Waals surface area contributed by atoms with Gasteiger partial charge in [0.05, 0.1) is 5.92 Å². The highest BCUT2D eigenvalue weighted by Crippen LogP contribution is 2.26. The molecule has 0 aromatic heterocycles. The molecule has 1 aromatic carbocycles. The van der Waals surface area contributed by atoms with Crippen molar-refractivity contribution in [1.82, 2.24) is 10.2 Å². The first-order valence-corrected chi connectivity index (χ1v) is 9.88. The molecule has 3 rings (SSSR count). The molecule has 1 saturated heterocycles. The van der Waals surface area contributed by atoms with Gasteiger partial charge in [-0.05, 0) is 50.3 Å². The van der Waals surface area contributed by atoms with E-state index < -0.39 is 11.9 Å². The number of rotatable bonds is 5. The lowest BCUT2D eigenvalue weighted by atomic mass is 9.90. The third-order valence-corrected chi connectivity index (χ3v) is 5.96. The van der Waals surface area contributed by atoms with E-state index in [1.54, 1.807) is 17.0 Å². The second kappa shape index (κ2) is 8.55. The number of amides is 2. The topological polar surface area (TPSA) is 86.7 Å². The highest BCUT2D eigenvalue weighted by Gasteiger charge is 2.35. The molecule has 2 fully saturated rings. The number of likely N-dealkylation sites (tertiary alicyclic amines) is 1. The molecule has 1 heterocycles. The maximum absolute atomic E-state index is 12.8. The van der Waals surface area contributed by atoms with Crippen molar-refractivity contribution in [1.29, 1.82) is 0 Å². The number of benzene rings is 1. The lowest BCUT2D eigenvalue weighted by Crippen LogP contribution is -2.49. The molecule has 6 nitrogen and oxygen atoms in total. The van der Waals surface area contributed by atoms with Crippen LogP contribution in [0.2, 0.25) is 0 Å². The Morgan fingerprint density at radius 2 is 1.74 bits per heavy atom. The fourth-order valence-corrected chi connectivity index (χ4v) is 4.21. The van der Waals surface area contributed by atoms with Crippen molar-refractivity contribution in [2.24, 2.45) is 11.8 Å². The van der Waals surface area contributed by atoms with Crippen LogP contribution in [0.25, 0.3) is 0 Å². The summed E-state index contributed by atoms with van der Waals surface area (Å²) in [5, 5.41) is 12.3. The first-order chi connectivity index (χ1) is 13.0. The highest BCUT2D eigenvalue weighted by molar-refractivity contribution is 5.95. The summed E-state index contributed by atoms with van der Waals surface area (Å²) in [5.41, 5.74) is 1.51. The summed E-state index contributed by atoms with van der Waals surface area (Å²) < 4.78 is 0. The van der Waals surface area contributed by atoms with Gasteiger partial charge < -0.3 is 15.3 Å². The van der Waals surface area contributed by atoms with E-state index in [1.807, 2.05) is 19.1 Å². The second-order valence-electron chi connectivity index (χ2n) is 7.72. The van der Waals surface area contributed by atoms with Gasteiger partial charge in [0, 0.05) is 30.6 Å². The zero-order valence-corrected chi connectivity index (χ0v) is 15.8. The van der Waals surface area contributed by atoms with Gasteiger partial charge in [-0.2, -0.15) is 0 Å². The number of carbonyl (C=O) groups excluding carboxylic acids is 2. The Balaban J connectivity index is 1.58. The fraction of sp³-hybridized carbons (Fsp3) is 0.571. The van der Waals surface area contributed by atoms with Gasteiger partial charge in [-0.15, -0.1) is 0 Å². The second-order valence-corrected chi connectivity index (χ2v) is 7.72. The van der Waals surface area contributed by atoms with Crippen LogP contribution in [0.1, 0.15) is 61.4 Å². The van der Waals surface area contributed by atoms with Crippen LogP contribution in [0.3, 0.4) is 0 Å². The minimum Gasteiger partial charge on any atom is -0.481 e. The Morgan fingerprint density at radius 1 is 1.07 bits per heavy atom. The molecule has 146 valence electrons. The quantitative estimate of drug-likeness (QED) is 0.832. The predicted octanol–water partition coefficient (Wildman–Crippen LogP) is 2.82. The van der Waals surface area contributed by atoms with Crippen LogP contribution < -0.4 is 5.32 Å². The average Bonchev–Trinajstić information content (AvgIpc) is 3.21. The lowest BCUT2D eigenvalue weighted by Gasteiger charge is -2.37. The number of hydrogen-bond donors (Lipinski definition) is 2. The fourth-order valence-electron chi connectivity index (χ4n) is 4.21. The van der Waals surface area contributed by atoms with Crippen molar-refractivity contribution < 1.29 is 19.5 Å². The van der Waals surface area contributed by atoms with E-state index in [4.69, 9.17) is 0 Å². The van der Waals surface area contributed by atoms with Crippen molar-refractivity contribution in [3.63, 3.8) is 0 Å². The van der Waals surface area contributed by atoms with E-state index in [9.17, 15) is 19.5 Å². The summed E-state index contributed by atoms with van der Waals surface area (Å²) in [6, 6.07) is 6.92. The molecule has 0 bridgehead atoms. The predicted molar refractivity (Wildman–Crippen MR) is 101 cm³/mol. The van der Waals surface area contributed by atoms with Gasteiger partial charge in [0.1, 0.15) is 0 Å². The Morgan fingerprint density at radius 3 is 2.37 bits per heavy atom. The maximum atomic E-state index is 12.8. The van der Waals surface area contributed by atoms with Crippen LogP contribution in [-0.2, 0) is 16.1 Å². The molecular formula is C21H28N2O4. The molecule has 2 amide bonds. The monoisotopic (exact) mass is 372 g/mol. The van der Waals surface area contributed by atoms with E-state index >= 15 is 0 Å². The molecular weight excluding hydrogens is 344 g/mol. The summed E-state index contributed by atoms with van der Waals surface area (Å²) in [6.07, 6.45) is 5.53. The molecule has 2 atom stereocenters. The molecule has 6 heteroatoms. The zero-order chi connectivity index (χ0) is 19.4. The molecule has 1 aliphatic heterocycles. The number of piperidine rings is 1. The van der Waals surface area contributed by atoms with Gasteiger partial charge in [0.25, 0.3) is 5.91 Å². The smallest absolute Gasteiger partial charge is 0.308 e. The Hall–Kier alpha value is -2.37. The zero-order valence-electron chi connectivity index (χ0n) is 15.8. The minimum atomic E-state index is -0.839. The van der Waals surface area contributed by atoms with Gasteiger partial charge in [0.15, 0.2) is 0 Å². The van der Waals surface area contributed by atoms with Crippen LogP contribution in [0.5, 0.6) is 0 Å². The first-order valence-electron chi connectivity index (χ1n) is 9.88. The van der Waals surface area contributed by atoms with Gasteiger partial charge in [-0.25, -0.2) is 0 Å². The number of hydrogen-bond acceptors (Lipinski definition) is 3. The number of carbonyl (C=O) groups is 3. The molecule has 0 radical (unpaired) electrons. The summed E-state index contributed by atoms with van der Waals surface area (Å²) in [6.45, 7) is 2.86. The third-order valence-electron chi connectivity index (χ3n) is 5.96. The number of nitrogens with one attached hydrogen (secondary N) is 1. The normalized spacial score (nSPS) is 23.2. The Bertz CT molecular complexity index is 695. The Labute approximate surface area is 159 Å². The molecule has 27 heavy (non-hydrogen) atoms. The van der Waals surface area contributed by atoms with Crippen molar-refractivity contribution in [2.75, 3.05) is 6.54 Å². The lowest BCUT2D eigenvalue weighted by molar-refractivity contribution is -0.145. The molecule has 0 unspecified atom stereocenters. The number of nitrogens with zero attached hydrogens (tertiary/aromatic N) is 1. The van der Waals surface area contributed by atoms with Crippen LogP contribution in [0.4, 0.5) is 0 Å². The summed E-state index contributed by atoms with van der Waals surface area (Å²) in [5.74, 6) is -1.21. The van der Waals surface area contributed by atoms with Crippen LogP contribution in [-0.4, -0.2) is 40.4 Å². The van der Waals surface area contributed by atoms with Crippen molar-refractivity contribution >= 4 is 17.8 Å². The molecule has 1 saturated carbocycles.